The number of fused-ring (bicyclic) bond motifs is 1. The van der Waals surface area contributed by atoms with Crippen LogP contribution in [0.25, 0.3) is 5.32 Å². The molecule has 5 nitrogen and oxygen atoms in total. The molecule has 28 heavy (non-hydrogen) atoms. The molecule has 3 fully saturated rings. The average Bonchev–Trinajstić information content (AvgIpc) is 2.57. The smallest absolute Gasteiger partial charge is 0.207 e. The van der Waals surface area contributed by atoms with Crippen LogP contribution in [0.15, 0.2) is 0 Å². The molecule has 2 saturated carbocycles. The van der Waals surface area contributed by atoms with Crippen molar-refractivity contribution in [1.82, 2.24) is 5.32 Å². The van der Waals surface area contributed by atoms with Crippen LogP contribution in [0, 0.1) is 17.8 Å². The van der Waals surface area contributed by atoms with E-state index in [1.807, 2.05) is 14.0 Å². The summed E-state index contributed by atoms with van der Waals surface area (Å²) in [4.78, 5) is 11.4. The van der Waals surface area contributed by atoms with Crippen molar-refractivity contribution in [3.05, 3.63) is 5.32 Å². The van der Waals surface area contributed by atoms with Gasteiger partial charge in [-0.3, -0.25) is 4.79 Å². The van der Waals surface area contributed by atoms with E-state index in [1.54, 1.807) is 0 Å². The van der Waals surface area contributed by atoms with E-state index in [0.717, 1.165) is 38.5 Å². The molecule has 2 aliphatic carbocycles. The summed E-state index contributed by atoms with van der Waals surface area (Å²) in [5.74, 6) is 0.693. The maximum Gasteiger partial charge on any atom is 0.207 e. The Morgan fingerprint density at radius 3 is 2.29 bits per heavy atom. The highest BCUT2D eigenvalue weighted by Gasteiger charge is 2.58. The minimum absolute atomic E-state index is 0.00285. The number of carbonyl (C=O) groups is 1. The predicted molar refractivity (Wildman–Crippen MR) is 113 cm³/mol. The third-order valence-corrected chi connectivity index (χ3v) is 9.03. The van der Waals surface area contributed by atoms with Crippen LogP contribution in [0.2, 0.25) is 0 Å². The monoisotopic (exact) mass is 413 g/mol. The molecule has 0 spiro atoms. The number of ether oxygens (including phenoxy) is 1. The van der Waals surface area contributed by atoms with Gasteiger partial charge in [-0.05, 0) is 90.9 Å². The first-order chi connectivity index (χ1) is 12.9. The minimum atomic E-state index is -0.830. The molecule has 0 radical (unpaired) electrons. The number of nitrogens with one attached hydrogen (secondary N) is 1. The molecule has 162 valence electrons. The Morgan fingerprint density at radius 1 is 1.07 bits per heavy atom. The van der Waals surface area contributed by atoms with Crippen LogP contribution < -0.4 is 5.32 Å². The zero-order valence-electron chi connectivity index (χ0n) is 18.3. The van der Waals surface area contributed by atoms with Crippen molar-refractivity contribution in [2.75, 3.05) is 7.05 Å². The first kappa shape index (κ1) is 22.3. The van der Waals surface area contributed by atoms with E-state index < -0.39 is 5.60 Å². The predicted octanol–water partition coefficient (Wildman–Crippen LogP) is 4.01. The van der Waals surface area contributed by atoms with Gasteiger partial charge in [0.1, 0.15) is 0 Å². The largest absolute Gasteiger partial charge is 0.660 e. The highest BCUT2D eigenvalue weighted by molar-refractivity contribution is 6.21. The SMILES string of the molecule is C[N-][C@@H]1[C@@H]2[C@@H]([C@@]3(C)CC[C@H](Cl)C(C)(C)O3)CC[C@](C)(NC=O)[C@H]2CC[C@@]1(C)O. The zero-order valence-corrected chi connectivity index (χ0v) is 19.1. The summed E-state index contributed by atoms with van der Waals surface area (Å²) < 4.78 is 6.71. The normalized spacial score (nSPS) is 51.2. The lowest BCUT2D eigenvalue weighted by Crippen LogP contribution is -2.67. The number of rotatable bonds is 4. The zero-order chi connectivity index (χ0) is 21.0. The number of halogens is 1. The number of aliphatic hydroxyl groups is 1. The van der Waals surface area contributed by atoms with Gasteiger partial charge >= 0.3 is 0 Å². The number of alkyl halides is 1. The third kappa shape index (κ3) is 3.61. The maximum atomic E-state index is 11.4. The maximum absolute atomic E-state index is 11.4. The molecule has 1 amide bonds. The minimum Gasteiger partial charge on any atom is -0.660 e. The fourth-order valence-corrected chi connectivity index (χ4v) is 6.87. The van der Waals surface area contributed by atoms with E-state index >= 15 is 0 Å². The lowest BCUT2D eigenvalue weighted by molar-refractivity contribution is -0.220. The van der Waals surface area contributed by atoms with Gasteiger partial charge in [0.25, 0.3) is 0 Å². The number of nitrogens with zero attached hydrogens (tertiary/aromatic N) is 1. The van der Waals surface area contributed by atoms with Gasteiger partial charge in [0.15, 0.2) is 0 Å². The first-order valence-corrected chi connectivity index (χ1v) is 11.2. The van der Waals surface area contributed by atoms with Gasteiger partial charge < -0.3 is 20.5 Å². The summed E-state index contributed by atoms with van der Waals surface area (Å²) in [6.07, 6.45) is 6.12. The van der Waals surface area contributed by atoms with Crippen LogP contribution in [0.5, 0.6) is 0 Å². The van der Waals surface area contributed by atoms with Gasteiger partial charge in [0, 0.05) is 11.1 Å². The Hall–Kier alpha value is -0.360. The number of amides is 1. The van der Waals surface area contributed by atoms with E-state index in [2.05, 4.69) is 33.0 Å². The second kappa shape index (κ2) is 7.40. The Bertz CT molecular complexity index is 598. The summed E-state index contributed by atoms with van der Waals surface area (Å²) >= 11 is 6.57. The molecule has 0 aromatic carbocycles. The highest BCUT2D eigenvalue weighted by atomic mass is 35.5. The Kier molecular flexibility index (Phi) is 5.90. The molecule has 3 rings (SSSR count). The van der Waals surface area contributed by atoms with Crippen LogP contribution in [-0.4, -0.2) is 52.3 Å². The quantitative estimate of drug-likeness (QED) is 0.540. The molecule has 2 N–H and O–H groups in total. The second-order valence-electron chi connectivity index (χ2n) is 10.6. The van der Waals surface area contributed by atoms with Crippen molar-refractivity contribution >= 4 is 18.0 Å². The van der Waals surface area contributed by atoms with Crippen LogP contribution >= 0.6 is 11.6 Å². The highest BCUT2D eigenvalue weighted by Crippen LogP contribution is 2.58. The lowest BCUT2D eigenvalue weighted by atomic mass is 9.50. The number of carbonyl (C=O) groups excluding carboxylic acids is 1. The standard InChI is InChI=1S/C22H38ClN2O3/c1-19(2)16(23)9-12-22(5,28-19)15-7-10-20(3,25-13-26)14-8-11-21(4,27)18(24-6)17(14)15/h13-18,27H,7-12H2,1-6H3,(H,25,26)/q-1/t14-,15-,16-,17-,18+,20-,21+,22+/m0/s1. The third-order valence-electron chi connectivity index (χ3n) is 8.28. The van der Waals surface area contributed by atoms with Gasteiger partial charge in [-0.25, -0.2) is 0 Å². The topological polar surface area (TPSA) is 72.7 Å². The van der Waals surface area contributed by atoms with Gasteiger partial charge in [0.05, 0.1) is 16.6 Å². The van der Waals surface area contributed by atoms with E-state index in [0.29, 0.717) is 6.42 Å². The molecular formula is C22H38ClN2O3-. The summed E-state index contributed by atoms with van der Waals surface area (Å²) in [6, 6.07) is -0.165. The summed E-state index contributed by atoms with van der Waals surface area (Å²) in [5.41, 5.74) is -1.79. The van der Waals surface area contributed by atoms with Crippen molar-refractivity contribution in [1.29, 1.82) is 0 Å². The number of likely N-dealkylation sites (N-methyl/N-ethyl adjacent to an activating group) is 1. The summed E-state index contributed by atoms with van der Waals surface area (Å²) in [5, 5.41) is 19.0. The van der Waals surface area contributed by atoms with Crippen LogP contribution in [0.4, 0.5) is 0 Å². The van der Waals surface area contributed by atoms with E-state index in [9.17, 15) is 9.90 Å². The van der Waals surface area contributed by atoms with Crippen molar-refractivity contribution in [2.45, 2.75) is 107 Å². The molecule has 0 unspecified atom stereocenters. The average molecular weight is 414 g/mol. The number of hydrogen-bond acceptors (Lipinski definition) is 3. The molecule has 3 aliphatic rings. The Labute approximate surface area is 175 Å². The van der Waals surface area contributed by atoms with Crippen LogP contribution in [-0.2, 0) is 9.53 Å². The van der Waals surface area contributed by atoms with Crippen molar-refractivity contribution in [3.8, 4) is 0 Å². The number of hydrogen-bond donors (Lipinski definition) is 2. The molecule has 6 heteroatoms. The lowest BCUT2D eigenvalue weighted by Gasteiger charge is -2.65. The molecule has 0 aromatic rings. The van der Waals surface area contributed by atoms with Gasteiger partial charge in [-0.15, -0.1) is 17.6 Å². The molecule has 1 aliphatic heterocycles. The Balaban J connectivity index is 2.00. The Morgan fingerprint density at radius 2 is 1.71 bits per heavy atom. The van der Waals surface area contributed by atoms with Crippen LogP contribution in [0.3, 0.4) is 0 Å². The van der Waals surface area contributed by atoms with Crippen molar-refractivity contribution in [2.24, 2.45) is 17.8 Å². The second-order valence-corrected chi connectivity index (χ2v) is 11.2. The molecule has 8 atom stereocenters. The van der Waals surface area contributed by atoms with E-state index in [4.69, 9.17) is 21.7 Å². The van der Waals surface area contributed by atoms with E-state index in [-0.39, 0.29) is 45.9 Å². The molecule has 0 bridgehead atoms. The summed E-state index contributed by atoms with van der Waals surface area (Å²) in [7, 11) is 1.82. The van der Waals surface area contributed by atoms with Gasteiger partial charge in [-0.2, -0.15) is 7.05 Å². The van der Waals surface area contributed by atoms with Gasteiger partial charge in [0.2, 0.25) is 6.41 Å². The molecule has 1 saturated heterocycles. The van der Waals surface area contributed by atoms with E-state index in [1.165, 1.54) is 0 Å². The summed E-state index contributed by atoms with van der Waals surface area (Å²) in [6.45, 7) is 10.5. The fraction of sp³-hybridized carbons (Fsp3) is 0.955. The molecular weight excluding hydrogens is 376 g/mol. The molecule has 1 heterocycles. The first-order valence-electron chi connectivity index (χ1n) is 10.8. The van der Waals surface area contributed by atoms with Crippen molar-refractivity contribution < 1.29 is 14.6 Å². The van der Waals surface area contributed by atoms with Crippen molar-refractivity contribution in [3.63, 3.8) is 0 Å². The fourth-order valence-electron chi connectivity index (χ4n) is 6.71. The van der Waals surface area contributed by atoms with Gasteiger partial charge in [-0.1, -0.05) is 0 Å². The van der Waals surface area contributed by atoms with Crippen LogP contribution in [0.1, 0.15) is 73.1 Å². The molecule has 0 aromatic heterocycles.